The molecule has 1 aromatic carbocycles. The molecule has 4 heteroatoms. The van der Waals surface area contributed by atoms with Crippen LogP contribution in [0.25, 0.3) is 10.9 Å². The lowest BCUT2D eigenvalue weighted by atomic mass is 9.90. The second kappa shape index (κ2) is 2.66. The molecule has 2 rings (SSSR count). The summed E-state index contributed by atoms with van der Waals surface area (Å²) in [6.45, 7) is 0. The summed E-state index contributed by atoms with van der Waals surface area (Å²) in [7, 11) is 5.71. The summed E-state index contributed by atoms with van der Waals surface area (Å²) in [6.07, 6.45) is 1.77. The number of fused-ring (bicyclic) bond motifs is 1. The third kappa shape index (κ3) is 1.20. The first-order valence-corrected chi connectivity index (χ1v) is 3.85. The number of aromatic nitrogens is 1. The van der Waals surface area contributed by atoms with Crippen LogP contribution in [0.15, 0.2) is 24.4 Å². The molecule has 0 fully saturated rings. The highest BCUT2D eigenvalue weighted by molar-refractivity contribution is 6.39. The first kappa shape index (κ1) is 7.92. The molecule has 2 radical (unpaired) electrons. The summed E-state index contributed by atoms with van der Waals surface area (Å²) in [5.41, 5.74) is 6.95. The Balaban J connectivity index is 2.77. The standard InChI is InChI=1S/C9H7BN2O/c10-7-3-5(9(11)13)4-8-6(7)1-2-12-8/h1-4,12H,(H2,11,13). The van der Waals surface area contributed by atoms with Gasteiger partial charge in [0, 0.05) is 17.3 Å². The fourth-order valence-corrected chi connectivity index (χ4v) is 1.34. The number of carbonyl (C=O) groups is 1. The maximum absolute atomic E-state index is 10.9. The summed E-state index contributed by atoms with van der Waals surface area (Å²) in [5, 5.41) is 0.907. The predicted octanol–water partition coefficient (Wildman–Crippen LogP) is 0.0606. The lowest BCUT2D eigenvalue weighted by Gasteiger charge is -2.00. The fraction of sp³-hybridized carbons (Fsp3) is 0. The van der Waals surface area contributed by atoms with E-state index in [-0.39, 0.29) is 0 Å². The second-order valence-electron chi connectivity index (χ2n) is 2.87. The number of aromatic amines is 1. The number of H-pyrrole nitrogens is 1. The maximum atomic E-state index is 10.9. The monoisotopic (exact) mass is 170 g/mol. The first-order valence-electron chi connectivity index (χ1n) is 3.85. The molecule has 0 bridgehead atoms. The van der Waals surface area contributed by atoms with E-state index in [1.54, 1.807) is 18.3 Å². The third-order valence-corrected chi connectivity index (χ3v) is 1.99. The molecular formula is C9H7BN2O. The van der Waals surface area contributed by atoms with Crippen molar-refractivity contribution in [1.29, 1.82) is 0 Å². The molecule has 0 atom stereocenters. The summed E-state index contributed by atoms with van der Waals surface area (Å²) in [6, 6.07) is 5.13. The van der Waals surface area contributed by atoms with Crippen LogP contribution in [-0.2, 0) is 0 Å². The molecule has 1 amide bonds. The average Bonchev–Trinajstić information content (AvgIpc) is 2.51. The number of hydrogen-bond donors (Lipinski definition) is 2. The number of benzene rings is 1. The predicted molar refractivity (Wildman–Crippen MR) is 52.2 cm³/mol. The van der Waals surface area contributed by atoms with E-state index in [2.05, 4.69) is 4.98 Å². The van der Waals surface area contributed by atoms with Crippen LogP contribution in [-0.4, -0.2) is 18.7 Å². The average molecular weight is 170 g/mol. The van der Waals surface area contributed by atoms with Gasteiger partial charge in [-0.2, -0.15) is 0 Å². The van der Waals surface area contributed by atoms with Gasteiger partial charge in [0.25, 0.3) is 0 Å². The number of rotatable bonds is 1. The lowest BCUT2D eigenvalue weighted by molar-refractivity contribution is 0.100. The Bertz CT molecular complexity index is 475. The van der Waals surface area contributed by atoms with Gasteiger partial charge in [-0.3, -0.25) is 4.79 Å². The van der Waals surface area contributed by atoms with Crippen LogP contribution in [0.4, 0.5) is 0 Å². The Kier molecular flexibility index (Phi) is 1.62. The van der Waals surface area contributed by atoms with Crippen LogP contribution < -0.4 is 11.2 Å². The Morgan fingerprint density at radius 3 is 2.92 bits per heavy atom. The fourth-order valence-electron chi connectivity index (χ4n) is 1.34. The van der Waals surface area contributed by atoms with E-state index in [9.17, 15) is 4.79 Å². The molecule has 1 aromatic heterocycles. The van der Waals surface area contributed by atoms with Gasteiger partial charge in [0.2, 0.25) is 5.91 Å². The zero-order valence-corrected chi connectivity index (χ0v) is 6.87. The van der Waals surface area contributed by atoms with E-state index in [1.165, 1.54) is 0 Å². The highest BCUT2D eigenvalue weighted by atomic mass is 16.1. The van der Waals surface area contributed by atoms with Gasteiger partial charge in [-0.25, -0.2) is 0 Å². The summed E-state index contributed by atoms with van der Waals surface area (Å²) in [4.78, 5) is 13.8. The number of amides is 1. The Labute approximate surface area is 76.3 Å². The second-order valence-corrected chi connectivity index (χ2v) is 2.87. The summed E-state index contributed by atoms with van der Waals surface area (Å²) < 4.78 is 0. The molecule has 0 saturated heterocycles. The number of primary amides is 1. The van der Waals surface area contributed by atoms with Crippen LogP contribution in [0, 0.1) is 0 Å². The van der Waals surface area contributed by atoms with Gasteiger partial charge in [-0.15, -0.1) is 0 Å². The van der Waals surface area contributed by atoms with E-state index in [1.807, 2.05) is 6.07 Å². The molecule has 62 valence electrons. The molecule has 2 aromatic rings. The molecule has 3 nitrogen and oxygen atoms in total. The number of hydrogen-bond acceptors (Lipinski definition) is 1. The molecule has 3 N–H and O–H groups in total. The number of nitrogens with one attached hydrogen (secondary N) is 1. The highest BCUT2D eigenvalue weighted by Gasteiger charge is 2.04. The van der Waals surface area contributed by atoms with Gasteiger partial charge in [0.1, 0.15) is 7.85 Å². The minimum Gasteiger partial charge on any atom is -0.366 e. The Hall–Kier alpha value is -1.71. The van der Waals surface area contributed by atoms with Gasteiger partial charge < -0.3 is 10.7 Å². The molecule has 0 aliphatic heterocycles. The van der Waals surface area contributed by atoms with Gasteiger partial charge in [-0.1, -0.05) is 11.5 Å². The van der Waals surface area contributed by atoms with Crippen LogP contribution in [0.1, 0.15) is 10.4 Å². The van der Waals surface area contributed by atoms with Gasteiger partial charge in [0.05, 0.1) is 0 Å². The van der Waals surface area contributed by atoms with Crippen LogP contribution in [0.3, 0.4) is 0 Å². The summed E-state index contributed by atoms with van der Waals surface area (Å²) >= 11 is 0. The normalized spacial score (nSPS) is 10.5. The Morgan fingerprint density at radius 2 is 2.23 bits per heavy atom. The van der Waals surface area contributed by atoms with E-state index >= 15 is 0 Å². The molecule has 0 aliphatic carbocycles. The molecule has 0 saturated carbocycles. The van der Waals surface area contributed by atoms with Gasteiger partial charge in [-0.05, 0) is 17.5 Å². The van der Waals surface area contributed by atoms with E-state index < -0.39 is 5.91 Å². The minimum absolute atomic E-state index is 0.424. The van der Waals surface area contributed by atoms with Gasteiger partial charge in [0.15, 0.2) is 0 Å². The molecule has 1 heterocycles. The smallest absolute Gasteiger partial charge is 0.248 e. The van der Waals surface area contributed by atoms with Crippen molar-refractivity contribution in [2.75, 3.05) is 0 Å². The van der Waals surface area contributed by atoms with Crippen LogP contribution in [0.2, 0.25) is 0 Å². The maximum Gasteiger partial charge on any atom is 0.248 e. The van der Waals surface area contributed by atoms with Crippen molar-refractivity contribution in [3.05, 3.63) is 30.0 Å². The number of carbonyl (C=O) groups excluding carboxylic acids is 1. The van der Waals surface area contributed by atoms with Crippen molar-refractivity contribution in [2.24, 2.45) is 5.73 Å². The Morgan fingerprint density at radius 1 is 1.46 bits per heavy atom. The quantitative estimate of drug-likeness (QED) is 0.584. The highest BCUT2D eigenvalue weighted by Crippen LogP contribution is 2.11. The van der Waals surface area contributed by atoms with Crippen molar-refractivity contribution in [3.8, 4) is 0 Å². The molecule has 0 spiro atoms. The molecule has 0 unspecified atom stereocenters. The zero-order valence-electron chi connectivity index (χ0n) is 6.87. The van der Waals surface area contributed by atoms with Crippen molar-refractivity contribution >= 4 is 30.1 Å². The summed E-state index contributed by atoms with van der Waals surface area (Å²) in [5.74, 6) is -0.469. The van der Waals surface area contributed by atoms with Gasteiger partial charge >= 0.3 is 0 Å². The van der Waals surface area contributed by atoms with Crippen molar-refractivity contribution < 1.29 is 4.79 Å². The largest absolute Gasteiger partial charge is 0.366 e. The van der Waals surface area contributed by atoms with Crippen molar-refractivity contribution in [2.45, 2.75) is 0 Å². The first-order chi connectivity index (χ1) is 6.18. The van der Waals surface area contributed by atoms with E-state index in [4.69, 9.17) is 13.6 Å². The molecule has 13 heavy (non-hydrogen) atoms. The van der Waals surface area contributed by atoms with Crippen molar-refractivity contribution in [3.63, 3.8) is 0 Å². The van der Waals surface area contributed by atoms with Crippen LogP contribution in [0.5, 0.6) is 0 Å². The SMILES string of the molecule is [B]c1cc(C(N)=O)cc2[nH]ccc12. The van der Waals surface area contributed by atoms with E-state index in [0.717, 1.165) is 10.9 Å². The number of nitrogens with two attached hydrogens (primary N) is 1. The molecular weight excluding hydrogens is 163 g/mol. The minimum atomic E-state index is -0.469. The zero-order chi connectivity index (χ0) is 9.42. The lowest BCUT2D eigenvalue weighted by Crippen LogP contribution is -2.15. The third-order valence-electron chi connectivity index (χ3n) is 1.99. The van der Waals surface area contributed by atoms with E-state index in [0.29, 0.717) is 11.0 Å². The topological polar surface area (TPSA) is 58.9 Å². The van der Waals surface area contributed by atoms with Crippen molar-refractivity contribution in [1.82, 2.24) is 4.98 Å². The van der Waals surface area contributed by atoms with Crippen LogP contribution >= 0.6 is 0 Å². The molecule has 0 aliphatic rings.